The zero-order valence-electron chi connectivity index (χ0n) is 10.4. The summed E-state index contributed by atoms with van der Waals surface area (Å²) >= 11 is 5.56. The zero-order valence-corrected chi connectivity index (χ0v) is 12.0. The van der Waals surface area contributed by atoms with Gasteiger partial charge in [0.25, 0.3) is 0 Å². The highest BCUT2D eigenvalue weighted by Gasteiger charge is 2.34. The molecule has 0 atom stereocenters. The van der Waals surface area contributed by atoms with Crippen molar-refractivity contribution in [1.82, 2.24) is 14.3 Å². The van der Waals surface area contributed by atoms with E-state index >= 15 is 0 Å². The maximum Gasteiger partial charge on any atom is 0.246 e. The van der Waals surface area contributed by atoms with Crippen LogP contribution in [0.3, 0.4) is 0 Å². The summed E-state index contributed by atoms with van der Waals surface area (Å²) in [7, 11) is -3.50. The van der Waals surface area contributed by atoms with Crippen molar-refractivity contribution in [3.05, 3.63) is 17.7 Å². The van der Waals surface area contributed by atoms with Crippen LogP contribution in [-0.2, 0) is 10.0 Å². The van der Waals surface area contributed by atoms with Gasteiger partial charge in [-0.2, -0.15) is 4.31 Å². The van der Waals surface area contributed by atoms with E-state index in [1.54, 1.807) is 0 Å². The van der Waals surface area contributed by atoms with Gasteiger partial charge in [-0.15, -0.1) is 0 Å². The lowest BCUT2D eigenvalue weighted by Crippen LogP contribution is -2.43. The standard InChI is InChI=1S/C11H16ClN3O2S/c1-11(2)4-3-5-15(8-11)18(16,17)9-6-13-10(12)14-7-9/h6-7H,3-5,8H2,1-2H3. The molecule has 1 aromatic heterocycles. The van der Waals surface area contributed by atoms with Crippen LogP contribution in [0.25, 0.3) is 0 Å². The van der Waals surface area contributed by atoms with Crippen molar-refractivity contribution in [3.8, 4) is 0 Å². The summed E-state index contributed by atoms with van der Waals surface area (Å²) in [6, 6.07) is 0. The summed E-state index contributed by atoms with van der Waals surface area (Å²) in [6.07, 6.45) is 4.43. The number of hydrogen-bond acceptors (Lipinski definition) is 4. The van der Waals surface area contributed by atoms with E-state index in [1.165, 1.54) is 16.7 Å². The average molecular weight is 290 g/mol. The number of nitrogens with zero attached hydrogens (tertiary/aromatic N) is 3. The van der Waals surface area contributed by atoms with E-state index in [0.717, 1.165) is 12.8 Å². The van der Waals surface area contributed by atoms with Crippen molar-refractivity contribution < 1.29 is 8.42 Å². The van der Waals surface area contributed by atoms with Gasteiger partial charge in [0.05, 0.1) is 12.4 Å². The maximum atomic E-state index is 12.4. The number of sulfonamides is 1. The summed E-state index contributed by atoms with van der Waals surface area (Å²) in [5, 5.41) is 0.0490. The number of rotatable bonds is 2. The van der Waals surface area contributed by atoms with Crippen molar-refractivity contribution in [1.29, 1.82) is 0 Å². The van der Waals surface area contributed by atoms with Crippen molar-refractivity contribution in [2.75, 3.05) is 13.1 Å². The molecule has 0 aromatic carbocycles. The quantitative estimate of drug-likeness (QED) is 0.781. The number of halogens is 1. The highest BCUT2D eigenvalue weighted by molar-refractivity contribution is 7.89. The van der Waals surface area contributed by atoms with Crippen LogP contribution in [0, 0.1) is 5.41 Å². The normalized spacial score (nSPS) is 20.8. The molecule has 100 valence electrons. The van der Waals surface area contributed by atoms with Crippen molar-refractivity contribution >= 4 is 21.6 Å². The van der Waals surface area contributed by atoms with Crippen LogP contribution in [0.5, 0.6) is 0 Å². The Morgan fingerprint density at radius 2 is 1.94 bits per heavy atom. The van der Waals surface area contributed by atoms with Crippen molar-refractivity contribution in [2.24, 2.45) is 5.41 Å². The lowest BCUT2D eigenvalue weighted by Gasteiger charge is -2.36. The van der Waals surface area contributed by atoms with Crippen LogP contribution in [0.1, 0.15) is 26.7 Å². The topological polar surface area (TPSA) is 63.2 Å². The SMILES string of the molecule is CC1(C)CCCN(S(=O)(=O)c2cnc(Cl)nc2)C1. The Hall–Kier alpha value is -0.720. The molecule has 0 bridgehead atoms. The maximum absolute atomic E-state index is 12.4. The summed E-state index contributed by atoms with van der Waals surface area (Å²) in [4.78, 5) is 7.55. The van der Waals surface area contributed by atoms with Gasteiger partial charge in [-0.3, -0.25) is 0 Å². The Labute approximate surface area is 112 Å². The summed E-state index contributed by atoms with van der Waals surface area (Å²) in [5.41, 5.74) is 0.0125. The molecule has 1 aromatic rings. The zero-order chi connectivity index (χ0) is 13.4. The molecule has 5 nitrogen and oxygen atoms in total. The van der Waals surface area contributed by atoms with Gasteiger partial charge in [-0.25, -0.2) is 18.4 Å². The van der Waals surface area contributed by atoms with Gasteiger partial charge in [-0.1, -0.05) is 13.8 Å². The highest BCUT2D eigenvalue weighted by atomic mass is 35.5. The summed E-state index contributed by atoms with van der Waals surface area (Å²) < 4.78 is 26.3. The second kappa shape index (κ2) is 4.75. The van der Waals surface area contributed by atoms with E-state index < -0.39 is 10.0 Å². The predicted octanol–water partition coefficient (Wildman–Crippen LogP) is 1.94. The molecule has 1 aliphatic rings. The lowest BCUT2D eigenvalue weighted by atomic mass is 9.85. The van der Waals surface area contributed by atoms with Gasteiger partial charge >= 0.3 is 0 Å². The molecule has 7 heteroatoms. The Bertz CT molecular complexity index is 528. The van der Waals surface area contributed by atoms with E-state index in [0.29, 0.717) is 13.1 Å². The Kier molecular flexibility index (Phi) is 3.62. The molecule has 0 unspecified atom stereocenters. The number of aromatic nitrogens is 2. The second-order valence-electron chi connectivity index (χ2n) is 5.29. The lowest BCUT2D eigenvalue weighted by molar-refractivity contribution is 0.187. The Balaban J connectivity index is 2.28. The smallest absolute Gasteiger partial charge is 0.225 e. The van der Waals surface area contributed by atoms with Crippen LogP contribution < -0.4 is 0 Å². The molecule has 0 saturated carbocycles. The molecule has 0 spiro atoms. The van der Waals surface area contributed by atoms with Gasteiger partial charge in [0.1, 0.15) is 4.90 Å². The van der Waals surface area contributed by atoms with Gasteiger partial charge in [0.15, 0.2) is 0 Å². The average Bonchev–Trinajstić information content (AvgIpc) is 2.28. The Morgan fingerprint density at radius 3 is 2.50 bits per heavy atom. The van der Waals surface area contributed by atoms with Crippen LogP contribution in [0.2, 0.25) is 5.28 Å². The van der Waals surface area contributed by atoms with E-state index in [4.69, 9.17) is 11.6 Å². The Morgan fingerprint density at radius 1 is 1.33 bits per heavy atom. The van der Waals surface area contributed by atoms with Gasteiger partial charge < -0.3 is 0 Å². The third kappa shape index (κ3) is 2.81. The number of hydrogen-bond donors (Lipinski definition) is 0. The first-order valence-electron chi connectivity index (χ1n) is 5.79. The van der Waals surface area contributed by atoms with Crippen LogP contribution in [0.4, 0.5) is 0 Å². The molecule has 2 heterocycles. The minimum absolute atomic E-state index is 0.0125. The van der Waals surface area contributed by atoms with Crippen molar-refractivity contribution in [2.45, 2.75) is 31.6 Å². The molecule has 1 saturated heterocycles. The first-order valence-corrected chi connectivity index (χ1v) is 7.61. The highest BCUT2D eigenvalue weighted by Crippen LogP contribution is 2.31. The fraction of sp³-hybridized carbons (Fsp3) is 0.636. The molecular formula is C11H16ClN3O2S. The molecule has 0 N–H and O–H groups in total. The third-order valence-electron chi connectivity index (χ3n) is 3.10. The molecule has 0 aliphatic carbocycles. The molecule has 0 radical (unpaired) electrons. The van der Waals surface area contributed by atoms with Crippen molar-refractivity contribution in [3.63, 3.8) is 0 Å². The molecular weight excluding hydrogens is 274 g/mol. The minimum Gasteiger partial charge on any atom is -0.225 e. The fourth-order valence-electron chi connectivity index (χ4n) is 2.16. The van der Waals surface area contributed by atoms with Gasteiger partial charge in [0.2, 0.25) is 15.3 Å². The van der Waals surface area contributed by atoms with E-state index in [2.05, 4.69) is 23.8 Å². The minimum atomic E-state index is -3.50. The first-order chi connectivity index (χ1) is 8.31. The molecule has 0 amide bonds. The van der Waals surface area contributed by atoms with Crippen LogP contribution in [0.15, 0.2) is 17.3 Å². The fourth-order valence-corrected chi connectivity index (χ4v) is 3.81. The molecule has 2 rings (SSSR count). The van der Waals surface area contributed by atoms with Gasteiger partial charge in [-0.05, 0) is 29.9 Å². The van der Waals surface area contributed by atoms with Crippen LogP contribution >= 0.6 is 11.6 Å². The summed E-state index contributed by atoms with van der Waals surface area (Å²) in [6.45, 7) is 5.23. The first kappa shape index (κ1) is 13.7. The van der Waals surface area contributed by atoms with E-state index in [1.807, 2.05) is 0 Å². The second-order valence-corrected chi connectivity index (χ2v) is 7.57. The van der Waals surface area contributed by atoms with E-state index in [9.17, 15) is 8.42 Å². The monoisotopic (exact) mass is 289 g/mol. The predicted molar refractivity (Wildman–Crippen MR) is 68.8 cm³/mol. The summed E-state index contributed by atoms with van der Waals surface area (Å²) in [5.74, 6) is 0. The van der Waals surface area contributed by atoms with E-state index in [-0.39, 0.29) is 15.6 Å². The van der Waals surface area contributed by atoms with Gasteiger partial charge in [0, 0.05) is 13.1 Å². The number of piperidine rings is 1. The van der Waals surface area contributed by atoms with Crippen LogP contribution in [-0.4, -0.2) is 35.8 Å². The molecule has 18 heavy (non-hydrogen) atoms. The molecule has 1 aliphatic heterocycles. The largest absolute Gasteiger partial charge is 0.246 e. The molecule has 1 fully saturated rings. The third-order valence-corrected chi connectivity index (χ3v) is 5.09.